The molecule has 2 N–H and O–H groups in total. The van der Waals surface area contributed by atoms with E-state index < -0.39 is 11.5 Å². The van der Waals surface area contributed by atoms with Crippen molar-refractivity contribution in [3.8, 4) is 0 Å². The first-order valence-electron chi connectivity index (χ1n) is 7.31. The molecule has 0 saturated carbocycles. The van der Waals surface area contributed by atoms with Crippen molar-refractivity contribution in [1.82, 2.24) is 5.32 Å². The molecule has 0 heterocycles. The van der Waals surface area contributed by atoms with Gasteiger partial charge in [-0.1, -0.05) is 65.0 Å². The van der Waals surface area contributed by atoms with Crippen LogP contribution in [0.15, 0.2) is 30.3 Å². The largest absolute Gasteiger partial charge is 0.387 e. The third-order valence-corrected chi connectivity index (χ3v) is 4.53. The first-order valence-corrected chi connectivity index (χ1v) is 7.31. The Hall–Kier alpha value is -1.35. The van der Waals surface area contributed by atoms with Crippen LogP contribution in [0.4, 0.5) is 0 Å². The van der Waals surface area contributed by atoms with E-state index in [1.807, 2.05) is 37.3 Å². The van der Waals surface area contributed by atoms with Gasteiger partial charge in [0.05, 0.1) is 11.5 Å². The van der Waals surface area contributed by atoms with Crippen LogP contribution in [0, 0.1) is 17.3 Å². The molecule has 1 amide bonds. The van der Waals surface area contributed by atoms with Gasteiger partial charge < -0.3 is 10.4 Å². The summed E-state index contributed by atoms with van der Waals surface area (Å²) >= 11 is 0. The van der Waals surface area contributed by atoms with Crippen LogP contribution >= 0.6 is 0 Å². The molecule has 1 rings (SSSR count). The van der Waals surface area contributed by atoms with Crippen molar-refractivity contribution in [3.63, 3.8) is 0 Å². The van der Waals surface area contributed by atoms with Crippen molar-refractivity contribution in [2.45, 2.75) is 40.7 Å². The molecular weight excluding hydrogens is 250 g/mol. The molecule has 0 spiro atoms. The topological polar surface area (TPSA) is 49.3 Å². The maximum absolute atomic E-state index is 12.5. The highest BCUT2D eigenvalue weighted by Crippen LogP contribution is 2.35. The van der Waals surface area contributed by atoms with Crippen molar-refractivity contribution in [1.29, 1.82) is 0 Å². The highest BCUT2D eigenvalue weighted by Gasteiger charge is 2.39. The molecule has 0 bridgehead atoms. The third-order valence-electron chi connectivity index (χ3n) is 4.53. The Morgan fingerprint density at radius 3 is 2.10 bits per heavy atom. The lowest BCUT2D eigenvalue weighted by molar-refractivity contribution is -0.136. The minimum absolute atomic E-state index is 0.0116. The summed E-state index contributed by atoms with van der Waals surface area (Å²) in [5, 5.41) is 13.0. The van der Waals surface area contributed by atoms with Gasteiger partial charge in [-0.05, 0) is 17.4 Å². The molecule has 0 unspecified atom stereocenters. The van der Waals surface area contributed by atoms with Gasteiger partial charge in [-0.15, -0.1) is 0 Å². The zero-order chi connectivity index (χ0) is 15.3. The van der Waals surface area contributed by atoms with Crippen LogP contribution in [0.25, 0.3) is 0 Å². The van der Waals surface area contributed by atoms with Crippen molar-refractivity contribution in [3.05, 3.63) is 35.9 Å². The zero-order valence-corrected chi connectivity index (χ0v) is 13.2. The molecule has 3 nitrogen and oxygen atoms in total. The molecule has 1 atom stereocenters. The van der Waals surface area contributed by atoms with Crippen molar-refractivity contribution in [2.24, 2.45) is 17.3 Å². The predicted molar refractivity (Wildman–Crippen MR) is 82.2 cm³/mol. The second-order valence-electron chi connectivity index (χ2n) is 6.23. The van der Waals surface area contributed by atoms with Gasteiger partial charge in [0.15, 0.2) is 0 Å². The van der Waals surface area contributed by atoms with Crippen LogP contribution in [-0.2, 0) is 4.79 Å². The van der Waals surface area contributed by atoms with Crippen LogP contribution < -0.4 is 5.32 Å². The number of carbonyl (C=O) groups is 1. The van der Waals surface area contributed by atoms with E-state index in [-0.39, 0.29) is 24.3 Å². The smallest absolute Gasteiger partial charge is 0.226 e. The minimum atomic E-state index is -0.663. The lowest BCUT2D eigenvalue weighted by atomic mass is 9.70. The number of nitrogens with one attached hydrogen (secondary N) is 1. The number of aliphatic hydroxyl groups excluding tert-OH is 1. The van der Waals surface area contributed by atoms with Gasteiger partial charge in [-0.25, -0.2) is 0 Å². The number of benzene rings is 1. The summed E-state index contributed by atoms with van der Waals surface area (Å²) in [5.74, 6) is 0.505. The minimum Gasteiger partial charge on any atom is -0.387 e. The Balaban J connectivity index is 2.67. The Morgan fingerprint density at radius 1 is 1.15 bits per heavy atom. The first kappa shape index (κ1) is 16.7. The van der Waals surface area contributed by atoms with Gasteiger partial charge in [-0.3, -0.25) is 4.79 Å². The van der Waals surface area contributed by atoms with Crippen molar-refractivity contribution < 1.29 is 9.90 Å². The molecule has 1 aromatic rings. The maximum atomic E-state index is 12.5. The molecule has 0 aliphatic carbocycles. The summed E-state index contributed by atoms with van der Waals surface area (Å²) in [7, 11) is 0. The maximum Gasteiger partial charge on any atom is 0.226 e. The van der Waals surface area contributed by atoms with Crippen molar-refractivity contribution in [2.75, 3.05) is 6.54 Å². The van der Waals surface area contributed by atoms with E-state index in [1.165, 1.54) is 0 Å². The molecule has 20 heavy (non-hydrogen) atoms. The van der Waals surface area contributed by atoms with Crippen LogP contribution in [0.3, 0.4) is 0 Å². The lowest BCUT2D eigenvalue weighted by Gasteiger charge is -2.36. The Morgan fingerprint density at radius 2 is 1.65 bits per heavy atom. The van der Waals surface area contributed by atoms with Crippen LogP contribution in [0.1, 0.15) is 46.3 Å². The Labute approximate surface area is 122 Å². The normalized spacial score (nSPS) is 13.6. The summed E-state index contributed by atoms with van der Waals surface area (Å²) in [6, 6.07) is 9.39. The summed E-state index contributed by atoms with van der Waals surface area (Å²) in [4.78, 5) is 12.5. The highest BCUT2D eigenvalue weighted by molar-refractivity contribution is 5.82. The van der Waals surface area contributed by atoms with E-state index >= 15 is 0 Å². The van der Waals surface area contributed by atoms with Crippen molar-refractivity contribution >= 4 is 5.91 Å². The van der Waals surface area contributed by atoms with E-state index in [9.17, 15) is 9.90 Å². The standard InChI is InChI=1S/C17H27NO2/c1-12(2)17(5,13(3)4)16(20)18-11-15(19)14-9-7-6-8-10-14/h6-10,12-13,15,19H,11H2,1-5H3,(H,18,20)/t15-/m1/s1. The second-order valence-corrected chi connectivity index (χ2v) is 6.23. The number of aliphatic hydroxyl groups is 1. The molecule has 1 aromatic carbocycles. The molecule has 0 saturated heterocycles. The number of hydrogen-bond donors (Lipinski definition) is 2. The van der Waals surface area contributed by atoms with E-state index in [2.05, 4.69) is 33.0 Å². The van der Waals surface area contributed by atoms with Crippen LogP contribution in [0.5, 0.6) is 0 Å². The van der Waals surface area contributed by atoms with Gasteiger partial charge in [0, 0.05) is 6.54 Å². The number of carbonyl (C=O) groups excluding carboxylic acids is 1. The summed E-state index contributed by atoms with van der Waals surface area (Å²) in [6.07, 6.45) is -0.663. The molecule has 3 heteroatoms. The van der Waals surface area contributed by atoms with E-state index in [0.717, 1.165) is 5.56 Å². The van der Waals surface area contributed by atoms with Crippen LogP contribution in [-0.4, -0.2) is 17.6 Å². The summed E-state index contributed by atoms with van der Waals surface area (Å²) in [5.41, 5.74) is 0.403. The summed E-state index contributed by atoms with van der Waals surface area (Å²) in [6.45, 7) is 10.5. The first-order chi connectivity index (χ1) is 9.30. The van der Waals surface area contributed by atoms with Gasteiger partial charge >= 0.3 is 0 Å². The zero-order valence-electron chi connectivity index (χ0n) is 13.2. The Bertz CT molecular complexity index is 418. The van der Waals surface area contributed by atoms with Gasteiger partial charge in [-0.2, -0.15) is 0 Å². The quantitative estimate of drug-likeness (QED) is 0.839. The molecular formula is C17H27NO2. The molecule has 0 aliphatic rings. The molecule has 112 valence electrons. The molecule has 0 fully saturated rings. The van der Waals surface area contributed by atoms with E-state index in [0.29, 0.717) is 0 Å². The van der Waals surface area contributed by atoms with Gasteiger partial charge in [0.2, 0.25) is 5.91 Å². The summed E-state index contributed by atoms with van der Waals surface area (Å²) < 4.78 is 0. The lowest BCUT2D eigenvalue weighted by Crippen LogP contribution is -2.46. The molecule has 0 aromatic heterocycles. The Kier molecular flexibility index (Phi) is 5.75. The number of hydrogen-bond acceptors (Lipinski definition) is 2. The number of rotatable bonds is 6. The van der Waals surface area contributed by atoms with E-state index in [1.54, 1.807) is 0 Å². The van der Waals surface area contributed by atoms with Gasteiger partial charge in [0.1, 0.15) is 0 Å². The SMILES string of the molecule is CC(C)C(C)(C(=O)NC[C@@H](O)c1ccccc1)C(C)C. The average Bonchev–Trinajstić information content (AvgIpc) is 2.43. The molecule has 0 radical (unpaired) electrons. The average molecular weight is 277 g/mol. The van der Waals surface area contributed by atoms with Gasteiger partial charge in [0.25, 0.3) is 0 Å². The van der Waals surface area contributed by atoms with E-state index in [4.69, 9.17) is 0 Å². The second kappa shape index (κ2) is 6.89. The monoisotopic (exact) mass is 277 g/mol. The fourth-order valence-electron chi connectivity index (χ4n) is 2.36. The predicted octanol–water partition coefficient (Wildman–Crippen LogP) is 3.15. The fraction of sp³-hybridized carbons (Fsp3) is 0.588. The third kappa shape index (κ3) is 3.60. The fourth-order valence-corrected chi connectivity index (χ4v) is 2.36. The number of amides is 1. The highest BCUT2D eigenvalue weighted by atomic mass is 16.3. The molecule has 0 aliphatic heterocycles. The van der Waals surface area contributed by atoms with Crippen LogP contribution in [0.2, 0.25) is 0 Å².